The number of benzene rings is 3. The Kier molecular flexibility index (Phi) is 6.42. The van der Waals surface area contributed by atoms with Gasteiger partial charge in [0.25, 0.3) is 15.9 Å². The fourth-order valence-electron chi connectivity index (χ4n) is 3.03. The molecule has 6 nitrogen and oxygen atoms in total. The topological polar surface area (TPSA) is 84.5 Å². The number of hydrogen-bond donors (Lipinski definition) is 2. The number of carbonyl (C=O) groups is 1. The van der Waals surface area contributed by atoms with Crippen molar-refractivity contribution in [3.05, 3.63) is 89.0 Å². The monoisotopic (exact) mass is 424 g/mol. The standard InChI is InChI=1S/C23H24N2O4S/c1-16-11-13-19(14-12-16)30(27,28)25-21-9-6-8-20(17(21)2)23(26)24-15-18-7-4-5-10-22(18)29-3/h4-14,25H,15H2,1-3H3,(H,24,26). The number of carbonyl (C=O) groups excluding carboxylic acids is 1. The van der Waals surface area contributed by atoms with Gasteiger partial charge in [-0.3, -0.25) is 9.52 Å². The number of ether oxygens (including phenoxy) is 1. The third-order valence-electron chi connectivity index (χ3n) is 4.79. The fourth-order valence-corrected chi connectivity index (χ4v) is 4.16. The van der Waals surface area contributed by atoms with Crippen LogP contribution in [0.25, 0.3) is 0 Å². The van der Waals surface area contributed by atoms with Gasteiger partial charge in [0, 0.05) is 17.7 Å². The van der Waals surface area contributed by atoms with E-state index in [2.05, 4.69) is 10.0 Å². The van der Waals surface area contributed by atoms with Gasteiger partial charge >= 0.3 is 0 Å². The predicted octanol–water partition coefficient (Wildman–Crippen LogP) is 4.04. The molecule has 0 heterocycles. The third-order valence-corrected chi connectivity index (χ3v) is 6.17. The van der Waals surface area contributed by atoms with Gasteiger partial charge in [0.1, 0.15) is 5.75 Å². The molecule has 2 N–H and O–H groups in total. The molecule has 3 aromatic rings. The Hall–Kier alpha value is -3.32. The first-order valence-electron chi connectivity index (χ1n) is 9.41. The van der Waals surface area contributed by atoms with Crippen molar-refractivity contribution in [2.45, 2.75) is 25.3 Å². The maximum Gasteiger partial charge on any atom is 0.261 e. The van der Waals surface area contributed by atoms with Crippen molar-refractivity contribution in [2.24, 2.45) is 0 Å². The highest BCUT2D eigenvalue weighted by Crippen LogP contribution is 2.23. The molecule has 0 aromatic heterocycles. The highest BCUT2D eigenvalue weighted by atomic mass is 32.2. The minimum absolute atomic E-state index is 0.165. The molecule has 0 saturated heterocycles. The molecule has 7 heteroatoms. The minimum Gasteiger partial charge on any atom is -0.496 e. The summed E-state index contributed by atoms with van der Waals surface area (Å²) in [6.07, 6.45) is 0. The van der Waals surface area contributed by atoms with Gasteiger partial charge in [-0.15, -0.1) is 0 Å². The van der Waals surface area contributed by atoms with Crippen molar-refractivity contribution in [3.63, 3.8) is 0 Å². The van der Waals surface area contributed by atoms with E-state index < -0.39 is 10.0 Å². The number of rotatable bonds is 7. The average Bonchev–Trinajstić information content (AvgIpc) is 2.74. The van der Waals surface area contributed by atoms with Gasteiger partial charge in [-0.1, -0.05) is 42.0 Å². The molecule has 0 aliphatic carbocycles. The van der Waals surface area contributed by atoms with Gasteiger partial charge in [0.05, 0.1) is 17.7 Å². The Balaban J connectivity index is 1.79. The van der Waals surface area contributed by atoms with Gasteiger partial charge < -0.3 is 10.1 Å². The van der Waals surface area contributed by atoms with Crippen LogP contribution in [0.4, 0.5) is 5.69 Å². The molecule has 30 heavy (non-hydrogen) atoms. The van der Waals surface area contributed by atoms with E-state index in [4.69, 9.17) is 4.74 Å². The lowest BCUT2D eigenvalue weighted by Crippen LogP contribution is -2.24. The van der Waals surface area contributed by atoms with Crippen molar-refractivity contribution >= 4 is 21.6 Å². The SMILES string of the molecule is COc1ccccc1CNC(=O)c1cccc(NS(=O)(=O)c2ccc(C)cc2)c1C. The third kappa shape index (κ3) is 4.80. The minimum atomic E-state index is -3.76. The Morgan fingerprint density at radius 1 is 0.933 bits per heavy atom. The number of amides is 1. The van der Waals surface area contributed by atoms with Crippen LogP contribution < -0.4 is 14.8 Å². The molecule has 0 aliphatic heterocycles. The normalized spacial score (nSPS) is 11.0. The van der Waals surface area contributed by atoms with E-state index in [0.29, 0.717) is 29.1 Å². The quantitative estimate of drug-likeness (QED) is 0.599. The van der Waals surface area contributed by atoms with Crippen LogP contribution in [0, 0.1) is 13.8 Å². The fraction of sp³-hybridized carbons (Fsp3) is 0.174. The number of methoxy groups -OCH3 is 1. The van der Waals surface area contributed by atoms with Crippen molar-refractivity contribution in [3.8, 4) is 5.75 Å². The lowest BCUT2D eigenvalue weighted by molar-refractivity contribution is 0.0950. The van der Waals surface area contributed by atoms with Crippen molar-refractivity contribution < 1.29 is 17.9 Å². The maximum atomic E-state index is 12.7. The van der Waals surface area contributed by atoms with E-state index in [1.807, 2.05) is 31.2 Å². The van der Waals surface area contributed by atoms with Gasteiger partial charge in [-0.25, -0.2) is 8.42 Å². The second kappa shape index (κ2) is 9.00. The molecule has 0 fully saturated rings. The molecule has 0 radical (unpaired) electrons. The molecule has 1 amide bonds. The van der Waals surface area contributed by atoms with E-state index >= 15 is 0 Å². The van der Waals surface area contributed by atoms with E-state index in [9.17, 15) is 13.2 Å². The second-order valence-electron chi connectivity index (χ2n) is 6.89. The van der Waals surface area contributed by atoms with Crippen molar-refractivity contribution in [2.75, 3.05) is 11.8 Å². The Morgan fingerprint density at radius 3 is 2.33 bits per heavy atom. The molecule has 0 aliphatic rings. The van der Waals surface area contributed by atoms with Crippen molar-refractivity contribution in [1.82, 2.24) is 5.32 Å². The molecular formula is C23H24N2O4S. The van der Waals surface area contributed by atoms with Crippen LogP contribution in [0.5, 0.6) is 5.75 Å². The highest BCUT2D eigenvalue weighted by Gasteiger charge is 2.18. The number of nitrogens with one attached hydrogen (secondary N) is 2. The van der Waals surface area contributed by atoms with Gasteiger partial charge in [-0.2, -0.15) is 0 Å². The summed E-state index contributed by atoms with van der Waals surface area (Å²) in [5.41, 5.74) is 3.13. The summed E-state index contributed by atoms with van der Waals surface area (Å²) in [7, 11) is -2.18. The Labute approximate surface area is 177 Å². The van der Waals surface area contributed by atoms with Crippen LogP contribution in [-0.4, -0.2) is 21.4 Å². The Bertz CT molecular complexity index is 1160. The molecule has 0 atom stereocenters. The maximum absolute atomic E-state index is 12.7. The Morgan fingerprint density at radius 2 is 1.63 bits per heavy atom. The molecule has 3 rings (SSSR count). The number of anilines is 1. The van der Waals surface area contributed by atoms with Crippen LogP contribution in [0.15, 0.2) is 71.6 Å². The van der Waals surface area contributed by atoms with Gasteiger partial charge in [0.2, 0.25) is 0 Å². The summed E-state index contributed by atoms with van der Waals surface area (Å²) >= 11 is 0. The van der Waals surface area contributed by atoms with Crippen LogP contribution in [-0.2, 0) is 16.6 Å². The zero-order chi connectivity index (χ0) is 21.7. The summed E-state index contributed by atoms with van der Waals surface area (Å²) in [5, 5.41) is 2.86. The molecule has 0 bridgehead atoms. The molecule has 0 unspecified atom stereocenters. The second-order valence-corrected chi connectivity index (χ2v) is 8.57. The van der Waals surface area contributed by atoms with Crippen LogP contribution >= 0.6 is 0 Å². The molecule has 156 valence electrons. The first-order chi connectivity index (χ1) is 14.3. The largest absolute Gasteiger partial charge is 0.496 e. The summed E-state index contributed by atoms with van der Waals surface area (Å²) in [6.45, 7) is 3.90. The summed E-state index contributed by atoms with van der Waals surface area (Å²) < 4.78 is 33.3. The predicted molar refractivity (Wildman–Crippen MR) is 117 cm³/mol. The summed E-state index contributed by atoms with van der Waals surface area (Å²) in [6, 6.07) is 19.0. The smallest absolute Gasteiger partial charge is 0.261 e. The van der Waals surface area contributed by atoms with E-state index in [1.165, 1.54) is 0 Å². The van der Waals surface area contributed by atoms with Crippen LogP contribution in [0.3, 0.4) is 0 Å². The first-order valence-corrected chi connectivity index (χ1v) is 10.9. The lowest BCUT2D eigenvalue weighted by Gasteiger charge is -2.14. The molecule has 3 aromatic carbocycles. The van der Waals surface area contributed by atoms with E-state index in [-0.39, 0.29) is 10.8 Å². The zero-order valence-corrected chi connectivity index (χ0v) is 17.9. The lowest BCUT2D eigenvalue weighted by atomic mass is 10.1. The van der Waals surface area contributed by atoms with E-state index in [0.717, 1.165) is 11.1 Å². The summed E-state index contributed by atoms with van der Waals surface area (Å²) in [4.78, 5) is 12.9. The molecule has 0 saturated carbocycles. The average molecular weight is 425 g/mol. The molecular weight excluding hydrogens is 400 g/mol. The van der Waals surface area contributed by atoms with Crippen LogP contribution in [0.1, 0.15) is 27.0 Å². The summed E-state index contributed by atoms with van der Waals surface area (Å²) in [5.74, 6) is 0.393. The van der Waals surface area contributed by atoms with E-state index in [1.54, 1.807) is 56.5 Å². The van der Waals surface area contributed by atoms with Crippen molar-refractivity contribution in [1.29, 1.82) is 0 Å². The van der Waals surface area contributed by atoms with Gasteiger partial charge in [-0.05, 0) is 49.7 Å². The number of para-hydroxylation sites is 1. The number of sulfonamides is 1. The van der Waals surface area contributed by atoms with Gasteiger partial charge in [0.15, 0.2) is 0 Å². The first kappa shape index (κ1) is 21.4. The number of aryl methyl sites for hydroxylation is 1. The number of hydrogen-bond acceptors (Lipinski definition) is 4. The van der Waals surface area contributed by atoms with Crippen LogP contribution in [0.2, 0.25) is 0 Å². The molecule has 0 spiro atoms. The highest BCUT2D eigenvalue weighted by molar-refractivity contribution is 7.92. The zero-order valence-electron chi connectivity index (χ0n) is 17.1.